The van der Waals surface area contributed by atoms with Gasteiger partial charge in [0.15, 0.2) is 0 Å². The van der Waals surface area contributed by atoms with Gasteiger partial charge in [0.05, 0.1) is 0 Å². The lowest BCUT2D eigenvalue weighted by Gasteiger charge is -2.19. The van der Waals surface area contributed by atoms with Gasteiger partial charge in [-0.1, -0.05) is 39.0 Å². The second-order valence-corrected chi connectivity index (χ2v) is 6.35. The summed E-state index contributed by atoms with van der Waals surface area (Å²) in [5, 5.41) is 3.17. The Bertz CT molecular complexity index is 672. The Labute approximate surface area is 130 Å². The number of hydrogen-bond acceptors (Lipinski definition) is 2. The molecule has 0 fully saturated rings. The molecule has 2 aromatic carbocycles. The Morgan fingerprint density at radius 1 is 1.14 bits per heavy atom. The number of carbonyl (C=O) groups excluding carboxylic acids is 1. The number of hydrogen-bond donors (Lipinski definition) is 2. The maximum atomic E-state index is 13.9. The van der Waals surface area contributed by atoms with Gasteiger partial charge in [0.25, 0.3) is 0 Å². The van der Waals surface area contributed by atoms with Crippen molar-refractivity contribution in [3.8, 4) is 0 Å². The summed E-state index contributed by atoms with van der Waals surface area (Å²) in [5.74, 6) is -1.06. The van der Waals surface area contributed by atoms with Crippen LogP contribution in [0.5, 0.6) is 0 Å². The lowest BCUT2D eigenvalue weighted by atomic mass is 9.87. The molecule has 2 aromatic rings. The lowest BCUT2D eigenvalue weighted by molar-refractivity contribution is 0.1000. The van der Waals surface area contributed by atoms with Gasteiger partial charge in [-0.05, 0) is 35.2 Å². The van der Waals surface area contributed by atoms with E-state index < -0.39 is 11.7 Å². The number of anilines is 1. The minimum absolute atomic E-state index is 0.106. The van der Waals surface area contributed by atoms with Gasteiger partial charge < -0.3 is 11.1 Å². The fourth-order valence-electron chi connectivity index (χ4n) is 2.13. The molecule has 0 spiro atoms. The zero-order chi connectivity index (χ0) is 16.3. The summed E-state index contributed by atoms with van der Waals surface area (Å²) in [4.78, 5) is 11.0. The third-order valence-electron chi connectivity index (χ3n) is 3.57. The topological polar surface area (TPSA) is 55.1 Å². The Hall–Kier alpha value is -2.36. The minimum atomic E-state index is -0.629. The molecule has 0 aliphatic carbocycles. The van der Waals surface area contributed by atoms with Crippen LogP contribution < -0.4 is 11.1 Å². The predicted octanol–water partition coefficient (Wildman–Crippen LogP) is 3.83. The van der Waals surface area contributed by atoms with Crippen LogP contribution >= 0.6 is 0 Å². The van der Waals surface area contributed by atoms with Gasteiger partial charge in [-0.3, -0.25) is 4.79 Å². The van der Waals surface area contributed by atoms with Crippen LogP contribution in [0.3, 0.4) is 0 Å². The normalized spacial score (nSPS) is 11.3. The second-order valence-electron chi connectivity index (χ2n) is 6.35. The average molecular weight is 300 g/mol. The molecular formula is C18H21FN2O. The van der Waals surface area contributed by atoms with Gasteiger partial charge in [0.2, 0.25) is 5.91 Å². The summed E-state index contributed by atoms with van der Waals surface area (Å²) in [6, 6.07) is 12.4. The summed E-state index contributed by atoms with van der Waals surface area (Å²) >= 11 is 0. The van der Waals surface area contributed by atoms with Crippen molar-refractivity contribution < 1.29 is 9.18 Å². The molecule has 3 nitrogen and oxygen atoms in total. The van der Waals surface area contributed by atoms with Crippen molar-refractivity contribution in [1.82, 2.24) is 0 Å². The summed E-state index contributed by atoms with van der Waals surface area (Å²) in [7, 11) is 0. The maximum absolute atomic E-state index is 13.9. The van der Waals surface area contributed by atoms with Crippen molar-refractivity contribution >= 4 is 11.6 Å². The van der Waals surface area contributed by atoms with Gasteiger partial charge >= 0.3 is 0 Å². The first-order valence-corrected chi connectivity index (χ1v) is 7.20. The maximum Gasteiger partial charge on any atom is 0.248 e. The van der Waals surface area contributed by atoms with E-state index >= 15 is 0 Å². The standard InChI is InChI=1S/C18H21FN2O/c1-18(2,3)14-6-8-15(9-7-14)21-11-13-5-4-12(17(20)22)10-16(13)19/h4-10,21H,11H2,1-3H3,(H2,20,22). The van der Waals surface area contributed by atoms with E-state index in [2.05, 4.69) is 38.2 Å². The molecule has 0 saturated carbocycles. The van der Waals surface area contributed by atoms with Gasteiger partial charge in [0, 0.05) is 23.4 Å². The number of nitrogens with two attached hydrogens (primary N) is 1. The summed E-state index contributed by atoms with van der Waals surface area (Å²) in [5.41, 5.74) is 8.07. The average Bonchev–Trinajstić information content (AvgIpc) is 2.45. The molecule has 0 aliphatic heterocycles. The summed E-state index contributed by atoms with van der Waals surface area (Å²) in [6.45, 7) is 6.82. The Kier molecular flexibility index (Phi) is 4.50. The van der Waals surface area contributed by atoms with Crippen LogP contribution in [0.25, 0.3) is 0 Å². The van der Waals surface area contributed by atoms with E-state index in [9.17, 15) is 9.18 Å². The highest BCUT2D eigenvalue weighted by Crippen LogP contribution is 2.23. The molecule has 0 atom stereocenters. The number of nitrogens with one attached hydrogen (secondary N) is 1. The molecule has 0 bridgehead atoms. The minimum Gasteiger partial charge on any atom is -0.381 e. The molecule has 0 unspecified atom stereocenters. The quantitative estimate of drug-likeness (QED) is 0.901. The zero-order valence-corrected chi connectivity index (χ0v) is 13.1. The number of amides is 1. The van der Waals surface area contributed by atoms with Gasteiger partial charge in [-0.25, -0.2) is 4.39 Å². The molecule has 0 saturated heterocycles. The number of rotatable bonds is 4. The molecule has 1 amide bonds. The Balaban J connectivity index is 2.05. The predicted molar refractivity (Wildman–Crippen MR) is 87.4 cm³/mol. The molecule has 0 aliphatic rings. The van der Waals surface area contributed by atoms with E-state index in [-0.39, 0.29) is 11.0 Å². The van der Waals surface area contributed by atoms with Crippen LogP contribution in [-0.2, 0) is 12.0 Å². The smallest absolute Gasteiger partial charge is 0.248 e. The first-order chi connectivity index (χ1) is 10.3. The van der Waals surface area contributed by atoms with E-state index in [0.29, 0.717) is 12.1 Å². The van der Waals surface area contributed by atoms with Crippen LogP contribution in [-0.4, -0.2) is 5.91 Å². The Morgan fingerprint density at radius 2 is 1.77 bits per heavy atom. The van der Waals surface area contributed by atoms with Crippen LogP contribution in [0.1, 0.15) is 42.3 Å². The third-order valence-corrected chi connectivity index (χ3v) is 3.57. The van der Waals surface area contributed by atoms with Crippen LogP contribution in [0, 0.1) is 5.82 Å². The molecular weight excluding hydrogens is 279 g/mol. The number of primary amides is 1. The van der Waals surface area contributed by atoms with Crippen molar-refractivity contribution in [1.29, 1.82) is 0 Å². The highest BCUT2D eigenvalue weighted by molar-refractivity contribution is 5.92. The SMILES string of the molecule is CC(C)(C)c1ccc(NCc2ccc(C(N)=O)cc2F)cc1. The summed E-state index contributed by atoms with van der Waals surface area (Å²) in [6.07, 6.45) is 0. The van der Waals surface area contributed by atoms with E-state index in [1.807, 2.05) is 12.1 Å². The number of halogens is 1. The van der Waals surface area contributed by atoms with E-state index in [1.165, 1.54) is 17.7 Å². The molecule has 116 valence electrons. The van der Waals surface area contributed by atoms with Crippen molar-refractivity contribution in [3.05, 3.63) is 65.0 Å². The van der Waals surface area contributed by atoms with Crippen LogP contribution in [0.4, 0.5) is 10.1 Å². The second kappa shape index (κ2) is 6.18. The molecule has 0 aromatic heterocycles. The fraction of sp³-hybridized carbons (Fsp3) is 0.278. The molecule has 4 heteroatoms. The fourth-order valence-corrected chi connectivity index (χ4v) is 2.13. The molecule has 3 N–H and O–H groups in total. The first-order valence-electron chi connectivity index (χ1n) is 7.20. The van der Waals surface area contributed by atoms with E-state index in [4.69, 9.17) is 5.73 Å². The number of benzene rings is 2. The van der Waals surface area contributed by atoms with Crippen molar-refractivity contribution in [2.24, 2.45) is 5.73 Å². The van der Waals surface area contributed by atoms with Crippen LogP contribution in [0.15, 0.2) is 42.5 Å². The highest BCUT2D eigenvalue weighted by Gasteiger charge is 2.13. The van der Waals surface area contributed by atoms with E-state index in [0.717, 1.165) is 5.69 Å². The molecule has 22 heavy (non-hydrogen) atoms. The van der Waals surface area contributed by atoms with E-state index in [1.54, 1.807) is 6.07 Å². The van der Waals surface area contributed by atoms with Gasteiger partial charge in [-0.2, -0.15) is 0 Å². The zero-order valence-electron chi connectivity index (χ0n) is 13.1. The summed E-state index contributed by atoms with van der Waals surface area (Å²) < 4.78 is 13.9. The van der Waals surface area contributed by atoms with Crippen molar-refractivity contribution in [3.63, 3.8) is 0 Å². The van der Waals surface area contributed by atoms with Gasteiger partial charge in [-0.15, -0.1) is 0 Å². The largest absolute Gasteiger partial charge is 0.381 e. The Morgan fingerprint density at radius 3 is 2.27 bits per heavy atom. The molecule has 2 rings (SSSR count). The highest BCUT2D eigenvalue weighted by atomic mass is 19.1. The molecule has 0 heterocycles. The monoisotopic (exact) mass is 300 g/mol. The van der Waals surface area contributed by atoms with Crippen molar-refractivity contribution in [2.45, 2.75) is 32.7 Å². The van der Waals surface area contributed by atoms with Crippen LogP contribution in [0.2, 0.25) is 0 Å². The van der Waals surface area contributed by atoms with Gasteiger partial charge in [0.1, 0.15) is 5.82 Å². The third kappa shape index (κ3) is 3.85. The number of carbonyl (C=O) groups is 1. The molecule has 0 radical (unpaired) electrons. The lowest BCUT2D eigenvalue weighted by Crippen LogP contribution is -2.12. The van der Waals surface area contributed by atoms with Crippen molar-refractivity contribution in [2.75, 3.05) is 5.32 Å². The first kappa shape index (κ1) is 16.0.